The molecule has 5 heteroatoms. The zero-order chi connectivity index (χ0) is 12.7. The van der Waals surface area contributed by atoms with Gasteiger partial charge in [0.15, 0.2) is 0 Å². The minimum absolute atomic E-state index is 0.0567. The van der Waals surface area contributed by atoms with Crippen molar-refractivity contribution in [2.75, 3.05) is 0 Å². The molecule has 1 rings (SSSR count). The van der Waals surface area contributed by atoms with E-state index in [0.29, 0.717) is 19.3 Å². The molecule has 0 radical (unpaired) electrons. The van der Waals surface area contributed by atoms with E-state index in [1.807, 2.05) is 13.8 Å². The van der Waals surface area contributed by atoms with Crippen molar-refractivity contribution < 1.29 is 14.0 Å². The van der Waals surface area contributed by atoms with Crippen LogP contribution in [0.4, 0.5) is 0 Å². The fourth-order valence-corrected chi connectivity index (χ4v) is 2.07. The number of rotatable bonds is 8. The summed E-state index contributed by atoms with van der Waals surface area (Å²) < 4.78 is 5.02. The molecule has 0 aliphatic carbocycles. The van der Waals surface area contributed by atoms with Gasteiger partial charge in [-0.3, -0.25) is 9.59 Å². The minimum Gasteiger partial charge on any atom is -0.442 e. The largest absolute Gasteiger partial charge is 0.442 e. The fraction of sp³-hybridized carbons (Fsp3) is 0.583. The SMILES string of the molecule is CCCC(CCC)(NC=O)C(=O)c1ncco1. The van der Waals surface area contributed by atoms with Crippen molar-refractivity contribution in [3.8, 4) is 0 Å². The van der Waals surface area contributed by atoms with Gasteiger partial charge in [-0.15, -0.1) is 0 Å². The van der Waals surface area contributed by atoms with E-state index < -0.39 is 5.54 Å². The zero-order valence-electron chi connectivity index (χ0n) is 10.2. The highest BCUT2D eigenvalue weighted by Crippen LogP contribution is 2.23. The minimum atomic E-state index is -0.879. The monoisotopic (exact) mass is 238 g/mol. The van der Waals surface area contributed by atoms with E-state index in [4.69, 9.17) is 4.42 Å². The molecule has 5 nitrogen and oxygen atoms in total. The van der Waals surface area contributed by atoms with Crippen LogP contribution < -0.4 is 5.32 Å². The number of nitrogens with zero attached hydrogens (tertiary/aromatic N) is 1. The Morgan fingerprint density at radius 3 is 2.53 bits per heavy atom. The summed E-state index contributed by atoms with van der Waals surface area (Å²) in [7, 11) is 0. The Labute approximate surface area is 101 Å². The Hall–Kier alpha value is -1.65. The van der Waals surface area contributed by atoms with Crippen LogP contribution in [0, 0.1) is 0 Å². The average molecular weight is 238 g/mol. The predicted molar refractivity (Wildman–Crippen MR) is 62.6 cm³/mol. The van der Waals surface area contributed by atoms with Crippen LogP contribution in [0.3, 0.4) is 0 Å². The molecule has 1 amide bonds. The van der Waals surface area contributed by atoms with Gasteiger partial charge in [0.05, 0.1) is 6.20 Å². The Bertz CT molecular complexity index is 354. The van der Waals surface area contributed by atoms with E-state index in [1.165, 1.54) is 12.5 Å². The molecule has 1 aromatic rings. The molecule has 0 atom stereocenters. The highest BCUT2D eigenvalue weighted by molar-refractivity contribution is 6.00. The number of carbonyl (C=O) groups excluding carboxylic acids is 2. The number of oxazole rings is 1. The average Bonchev–Trinajstić information content (AvgIpc) is 2.82. The van der Waals surface area contributed by atoms with Crippen LogP contribution in [0.1, 0.15) is 50.2 Å². The summed E-state index contributed by atoms with van der Waals surface area (Å²) in [6.07, 6.45) is 6.13. The first-order valence-corrected chi connectivity index (χ1v) is 5.85. The molecule has 94 valence electrons. The second-order valence-electron chi connectivity index (χ2n) is 4.01. The van der Waals surface area contributed by atoms with Gasteiger partial charge in [-0.05, 0) is 12.8 Å². The van der Waals surface area contributed by atoms with Gasteiger partial charge < -0.3 is 9.73 Å². The molecule has 0 saturated heterocycles. The first-order valence-electron chi connectivity index (χ1n) is 5.85. The van der Waals surface area contributed by atoms with Gasteiger partial charge in [-0.25, -0.2) is 4.98 Å². The molecular weight excluding hydrogens is 220 g/mol. The van der Waals surface area contributed by atoms with E-state index in [0.717, 1.165) is 12.8 Å². The maximum atomic E-state index is 12.3. The third-order valence-corrected chi connectivity index (χ3v) is 2.75. The van der Waals surface area contributed by atoms with Crippen LogP contribution in [-0.2, 0) is 4.79 Å². The van der Waals surface area contributed by atoms with Gasteiger partial charge >= 0.3 is 0 Å². The van der Waals surface area contributed by atoms with E-state index in [9.17, 15) is 9.59 Å². The Balaban J connectivity index is 3.01. The Morgan fingerprint density at radius 2 is 2.12 bits per heavy atom. The van der Waals surface area contributed by atoms with Crippen molar-refractivity contribution in [2.24, 2.45) is 0 Å². The van der Waals surface area contributed by atoms with Gasteiger partial charge in [-0.2, -0.15) is 0 Å². The van der Waals surface area contributed by atoms with Crippen LogP contribution in [0.5, 0.6) is 0 Å². The molecule has 1 N–H and O–H groups in total. The van der Waals surface area contributed by atoms with Crippen molar-refractivity contribution in [2.45, 2.75) is 45.1 Å². The number of carbonyl (C=O) groups is 2. The van der Waals surface area contributed by atoms with E-state index in [-0.39, 0.29) is 11.7 Å². The molecule has 17 heavy (non-hydrogen) atoms. The summed E-state index contributed by atoms with van der Waals surface area (Å²) in [5, 5.41) is 2.66. The molecule has 0 aromatic carbocycles. The molecule has 0 fully saturated rings. The summed E-state index contributed by atoms with van der Waals surface area (Å²) in [6, 6.07) is 0. The van der Waals surface area contributed by atoms with Crippen molar-refractivity contribution in [1.29, 1.82) is 0 Å². The number of Topliss-reactive ketones (excluding diaryl/α,β-unsaturated/α-hetero) is 1. The number of amides is 1. The first kappa shape index (κ1) is 13.4. The van der Waals surface area contributed by atoms with Gasteiger partial charge in [0.1, 0.15) is 11.8 Å². The van der Waals surface area contributed by atoms with Gasteiger partial charge in [0.25, 0.3) is 5.89 Å². The van der Waals surface area contributed by atoms with Crippen LogP contribution in [0.25, 0.3) is 0 Å². The quantitative estimate of drug-likeness (QED) is 0.555. The number of hydrogen-bond acceptors (Lipinski definition) is 4. The van der Waals surface area contributed by atoms with Crippen LogP contribution in [0.15, 0.2) is 16.9 Å². The molecule has 0 aliphatic heterocycles. The molecule has 0 aliphatic rings. The summed E-state index contributed by atoms with van der Waals surface area (Å²) in [5.74, 6) is -0.195. The topological polar surface area (TPSA) is 72.2 Å². The lowest BCUT2D eigenvalue weighted by atomic mass is 9.84. The number of aromatic nitrogens is 1. The summed E-state index contributed by atoms with van der Waals surface area (Å²) in [5.41, 5.74) is -0.879. The van der Waals surface area contributed by atoms with E-state index in [1.54, 1.807) is 0 Å². The summed E-state index contributed by atoms with van der Waals surface area (Å²) in [6.45, 7) is 3.94. The number of nitrogens with one attached hydrogen (secondary N) is 1. The fourth-order valence-electron chi connectivity index (χ4n) is 2.07. The van der Waals surface area contributed by atoms with Crippen molar-refractivity contribution >= 4 is 12.2 Å². The zero-order valence-corrected chi connectivity index (χ0v) is 10.2. The first-order chi connectivity index (χ1) is 8.20. The van der Waals surface area contributed by atoms with Crippen molar-refractivity contribution in [3.63, 3.8) is 0 Å². The van der Waals surface area contributed by atoms with Gasteiger partial charge in [0.2, 0.25) is 12.2 Å². The highest BCUT2D eigenvalue weighted by atomic mass is 16.3. The summed E-state index contributed by atoms with van der Waals surface area (Å²) >= 11 is 0. The van der Waals surface area contributed by atoms with Gasteiger partial charge in [-0.1, -0.05) is 26.7 Å². The Morgan fingerprint density at radius 1 is 1.47 bits per heavy atom. The molecule has 0 unspecified atom stereocenters. The smallest absolute Gasteiger partial charge is 0.265 e. The molecule has 0 spiro atoms. The van der Waals surface area contributed by atoms with E-state index >= 15 is 0 Å². The third-order valence-electron chi connectivity index (χ3n) is 2.75. The molecular formula is C12H18N2O3. The van der Waals surface area contributed by atoms with Crippen LogP contribution >= 0.6 is 0 Å². The van der Waals surface area contributed by atoms with E-state index in [2.05, 4.69) is 10.3 Å². The highest BCUT2D eigenvalue weighted by Gasteiger charge is 2.39. The maximum absolute atomic E-state index is 12.3. The van der Waals surface area contributed by atoms with Gasteiger partial charge in [0, 0.05) is 0 Å². The normalized spacial score (nSPS) is 11.2. The van der Waals surface area contributed by atoms with Crippen molar-refractivity contribution in [1.82, 2.24) is 10.3 Å². The lowest BCUT2D eigenvalue weighted by Crippen LogP contribution is -2.51. The lowest BCUT2D eigenvalue weighted by molar-refractivity contribution is -0.111. The molecule has 0 saturated carbocycles. The summed E-state index contributed by atoms with van der Waals surface area (Å²) in [4.78, 5) is 26.9. The lowest BCUT2D eigenvalue weighted by Gasteiger charge is -2.30. The number of ketones is 1. The molecule has 1 heterocycles. The maximum Gasteiger partial charge on any atom is 0.265 e. The second kappa shape index (κ2) is 6.18. The second-order valence-corrected chi connectivity index (χ2v) is 4.01. The van der Waals surface area contributed by atoms with Crippen molar-refractivity contribution in [3.05, 3.63) is 18.4 Å². The van der Waals surface area contributed by atoms with Crippen LogP contribution in [0.2, 0.25) is 0 Å². The van der Waals surface area contributed by atoms with Crippen LogP contribution in [-0.4, -0.2) is 22.7 Å². The predicted octanol–water partition coefficient (Wildman–Crippen LogP) is 1.94. The molecule has 1 aromatic heterocycles. The standard InChI is InChI=1S/C12H18N2O3/c1-3-5-12(6-4-2,14-9-15)10(16)11-13-7-8-17-11/h7-9H,3-6H2,1-2H3,(H,14,15). The number of hydrogen-bond donors (Lipinski definition) is 1. The third kappa shape index (κ3) is 2.93. The molecule has 0 bridgehead atoms. The Kier molecular flexibility index (Phi) is 4.87.